The molecule has 4 N–H and O–H groups in total. The van der Waals surface area contributed by atoms with E-state index in [-0.39, 0.29) is 23.8 Å². The van der Waals surface area contributed by atoms with Crippen LogP contribution in [0.3, 0.4) is 0 Å². The van der Waals surface area contributed by atoms with Crippen LogP contribution in [-0.4, -0.2) is 71.3 Å². The van der Waals surface area contributed by atoms with Gasteiger partial charge in [0.05, 0.1) is 24.3 Å². The fourth-order valence-electron chi connectivity index (χ4n) is 4.48. The Morgan fingerprint density at radius 1 is 1.10 bits per heavy atom. The van der Waals surface area contributed by atoms with Crippen LogP contribution in [0.4, 0.5) is 0 Å². The van der Waals surface area contributed by atoms with Crippen LogP contribution in [0.1, 0.15) is 31.8 Å². The number of methoxy groups -OCH3 is 1. The summed E-state index contributed by atoms with van der Waals surface area (Å²) in [5.41, 5.74) is 13.8. The van der Waals surface area contributed by atoms with Crippen LogP contribution in [0, 0.1) is 0 Å². The molecule has 4 rings (SSSR count). The molecule has 2 saturated heterocycles. The van der Waals surface area contributed by atoms with Crippen molar-refractivity contribution in [2.45, 2.75) is 43.9 Å². The molecule has 1 atom stereocenters. The molecule has 0 radical (unpaired) electrons. The van der Waals surface area contributed by atoms with Crippen molar-refractivity contribution >= 4 is 11.0 Å². The Morgan fingerprint density at radius 2 is 1.76 bits per heavy atom. The largest absolute Gasteiger partial charge is 0.495 e. The Kier molecular flexibility index (Phi) is 6.15. The standard InChI is InChI=1S/C21H32N6O2/c1-29-17-12-19-18(24-13-17)2-3-21(28)27(19)20(26-10-6-16(23)7-11-26)14-25-8-4-15(22)5-9-25/h2-3,12-13,15-16,20H,4-11,14,22-23H2,1H3. The van der Waals surface area contributed by atoms with E-state index in [9.17, 15) is 4.79 Å². The number of likely N-dealkylation sites (tertiary alicyclic amines) is 2. The van der Waals surface area contributed by atoms with Crippen molar-refractivity contribution in [1.82, 2.24) is 19.4 Å². The molecule has 0 aliphatic carbocycles. The van der Waals surface area contributed by atoms with Crippen molar-refractivity contribution < 1.29 is 4.74 Å². The lowest BCUT2D eigenvalue weighted by molar-refractivity contribution is 0.0612. The van der Waals surface area contributed by atoms with Crippen molar-refractivity contribution in [3.05, 3.63) is 34.7 Å². The number of piperidine rings is 2. The van der Waals surface area contributed by atoms with Gasteiger partial charge in [0.1, 0.15) is 11.9 Å². The summed E-state index contributed by atoms with van der Waals surface area (Å²) in [5, 5.41) is 0. The van der Waals surface area contributed by atoms with Gasteiger partial charge >= 0.3 is 0 Å². The quantitative estimate of drug-likeness (QED) is 0.763. The molecule has 0 amide bonds. The number of hydrogen-bond acceptors (Lipinski definition) is 7. The van der Waals surface area contributed by atoms with Crippen LogP contribution in [0.25, 0.3) is 11.0 Å². The molecule has 2 aromatic rings. The van der Waals surface area contributed by atoms with Crippen LogP contribution in [-0.2, 0) is 0 Å². The molecular weight excluding hydrogens is 368 g/mol. The van der Waals surface area contributed by atoms with E-state index in [4.69, 9.17) is 16.2 Å². The summed E-state index contributed by atoms with van der Waals surface area (Å²) in [6.07, 6.45) is 5.51. The minimum atomic E-state index is -0.0677. The zero-order valence-electron chi connectivity index (χ0n) is 17.2. The maximum Gasteiger partial charge on any atom is 0.252 e. The molecule has 4 heterocycles. The molecule has 0 saturated carbocycles. The molecule has 8 nitrogen and oxygen atoms in total. The number of hydrogen-bond donors (Lipinski definition) is 2. The number of nitrogens with two attached hydrogens (primary N) is 2. The molecule has 158 valence electrons. The normalized spacial score (nSPS) is 21.5. The minimum Gasteiger partial charge on any atom is -0.495 e. The van der Waals surface area contributed by atoms with E-state index in [0.29, 0.717) is 5.75 Å². The lowest BCUT2D eigenvalue weighted by Gasteiger charge is -2.41. The van der Waals surface area contributed by atoms with Gasteiger partial charge < -0.3 is 16.2 Å². The van der Waals surface area contributed by atoms with Crippen LogP contribution < -0.4 is 21.8 Å². The number of pyridine rings is 2. The zero-order valence-corrected chi connectivity index (χ0v) is 17.2. The molecule has 0 aromatic carbocycles. The van der Waals surface area contributed by atoms with Crippen molar-refractivity contribution in [2.75, 3.05) is 39.8 Å². The average molecular weight is 401 g/mol. The number of ether oxygens (including phenoxy) is 1. The van der Waals surface area contributed by atoms with Gasteiger partial charge in [0, 0.05) is 43.9 Å². The Balaban J connectivity index is 1.73. The second-order valence-corrected chi connectivity index (χ2v) is 8.31. The topological polar surface area (TPSA) is 103 Å². The van der Waals surface area contributed by atoms with Gasteiger partial charge in [-0.25, -0.2) is 0 Å². The SMILES string of the molecule is COc1cnc2ccc(=O)n(C(CN3CCC(N)CC3)N3CCC(N)CC3)c2c1. The van der Waals surface area contributed by atoms with E-state index >= 15 is 0 Å². The second kappa shape index (κ2) is 8.79. The van der Waals surface area contributed by atoms with E-state index < -0.39 is 0 Å². The van der Waals surface area contributed by atoms with Gasteiger partial charge in [-0.2, -0.15) is 0 Å². The summed E-state index contributed by atoms with van der Waals surface area (Å²) < 4.78 is 7.28. The summed E-state index contributed by atoms with van der Waals surface area (Å²) in [5.74, 6) is 0.653. The van der Waals surface area contributed by atoms with Gasteiger partial charge in [0.25, 0.3) is 5.56 Å². The first-order chi connectivity index (χ1) is 14.0. The first kappa shape index (κ1) is 20.3. The maximum atomic E-state index is 13.1. The molecule has 2 aliphatic rings. The Hall–Kier alpha value is -2.00. The molecular formula is C21H32N6O2. The number of nitrogens with zero attached hydrogens (tertiary/aromatic N) is 4. The van der Waals surface area contributed by atoms with Crippen LogP contribution in [0.15, 0.2) is 29.2 Å². The van der Waals surface area contributed by atoms with Crippen molar-refractivity contribution in [2.24, 2.45) is 11.5 Å². The van der Waals surface area contributed by atoms with Gasteiger partial charge in [-0.15, -0.1) is 0 Å². The highest BCUT2D eigenvalue weighted by molar-refractivity contribution is 5.75. The Labute approximate surface area is 171 Å². The molecule has 1 unspecified atom stereocenters. The van der Waals surface area contributed by atoms with Gasteiger partial charge in [-0.05, 0) is 44.8 Å². The van der Waals surface area contributed by atoms with Crippen LogP contribution in [0.2, 0.25) is 0 Å². The second-order valence-electron chi connectivity index (χ2n) is 8.31. The predicted octanol–water partition coefficient (Wildman–Crippen LogP) is 0.750. The summed E-state index contributed by atoms with van der Waals surface area (Å²) >= 11 is 0. The molecule has 0 spiro atoms. The third-order valence-corrected chi connectivity index (χ3v) is 6.34. The predicted molar refractivity (Wildman–Crippen MR) is 114 cm³/mol. The molecule has 29 heavy (non-hydrogen) atoms. The van der Waals surface area contributed by atoms with Gasteiger partial charge in [-0.3, -0.25) is 24.1 Å². The third-order valence-electron chi connectivity index (χ3n) is 6.34. The fourth-order valence-corrected chi connectivity index (χ4v) is 4.48. The number of aromatic nitrogens is 2. The van der Waals surface area contributed by atoms with Crippen molar-refractivity contribution in [1.29, 1.82) is 0 Å². The summed E-state index contributed by atoms with van der Waals surface area (Å²) in [4.78, 5) is 22.4. The van der Waals surface area contributed by atoms with E-state index in [0.717, 1.165) is 69.4 Å². The van der Waals surface area contributed by atoms with E-state index in [1.807, 2.05) is 10.6 Å². The molecule has 2 fully saturated rings. The smallest absolute Gasteiger partial charge is 0.252 e. The fraction of sp³-hybridized carbons (Fsp3) is 0.619. The van der Waals surface area contributed by atoms with E-state index in [2.05, 4.69) is 14.8 Å². The molecule has 0 bridgehead atoms. The number of rotatable bonds is 5. The first-order valence-corrected chi connectivity index (χ1v) is 10.6. The minimum absolute atomic E-state index is 0.0128. The van der Waals surface area contributed by atoms with Gasteiger partial charge in [0.15, 0.2) is 0 Å². The third kappa shape index (κ3) is 4.45. The van der Waals surface area contributed by atoms with Crippen molar-refractivity contribution in [3.63, 3.8) is 0 Å². The highest BCUT2D eigenvalue weighted by Gasteiger charge is 2.29. The Bertz CT molecular complexity index is 884. The summed E-state index contributed by atoms with van der Waals surface area (Å²) in [6, 6.07) is 5.85. The number of fused-ring (bicyclic) bond motifs is 1. The molecule has 8 heteroatoms. The van der Waals surface area contributed by atoms with Crippen LogP contribution >= 0.6 is 0 Å². The highest BCUT2D eigenvalue weighted by Crippen LogP contribution is 2.25. The zero-order chi connectivity index (χ0) is 20.4. The molecule has 2 aliphatic heterocycles. The summed E-state index contributed by atoms with van der Waals surface area (Å²) in [7, 11) is 1.62. The van der Waals surface area contributed by atoms with Crippen LogP contribution in [0.5, 0.6) is 5.75 Å². The lowest BCUT2D eigenvalue weighted by atomic mass is 10.0. The monoisotopic (exact) mass is 400 g/mol. The first-order valence-electron chi connectivity index (χ1n) is 10.6. The van der Waals surface area contributed by atoms with E-state index in [1.54, 1.807) is 25.4 Å². The van der Waals surface area contributed by atoms with E-state index in [1.165, 1.54) is 0 Å². The lowest BCUT2D eigenvalue weighted by Crippen LogP contribution is -2.51. The highest BCUT2D eigenvalue weighted by atomic mass is 16.5. The molecule has 2 aromatic heterocycles. The Morgan fingerprint density at radius 3 is 2.41 bits per heavy atom. The average Bonchev–Trinajstić information content (AvgIpc) is 2.74. The summed E-state index contributed by atoms with van der Waals surface area (Å²) in [6.45, 7) is 4.50. The van der Waals surface area contributed by atoms with Crippen molar-refractivity contribution in [3.8, 4) is 5.75 Å². The van der Waals surface area contributed by atoms with Gasteiger partial charge in [-0.1, -0.05) is 0 Å². The van der Waals surface area contributed by atoms with Gasteiger partial charge in [0.2, 0.25) is 0 Å². The maximum absolute atomic E-state index is 13.1.